The van der Waals surface area contributed by atoms with Crippen molar-refractivity contribution in [2.24, 2.45) is 0 Å². The molecule has 0 bridgehead atoms. The van der Waals surface area contributed by atoms with E-state index < -0.39 is 6.10 Å². The zero-order valence-electron chi connectivity index (χ0n) is 7.75. The first kappa shape index (κ1) is 10.4. The number of benzene rings is 1. The molecule has 1 aromatic rings. The minimum absolute atomic E-state index is 0.268. The van der Waals surface area contributed by atoms with Crippen LogP contribution in [0.3, 0.4) is 0 Å². The van der Waals surface area contributed by atoms with Gasteiger partial charge in [0.25, 0.3) is 0 Å². The van der Waals surface area contributed by atoms with Gasteiger partial charge in [-0.25, -0.2) is 0 Å². The standard InChI is InChI=1S/C10H13ClO2/c1-7-4-3-5-9(11)10(7)13-6-8(2)12/h3-5,8,12H,6H2,1-2H3. The number of ether oxygens (including phenoxy) is 1. The molecule has 0 saturated carbocycles. The lowest BCUT2D eigenvalue weighted by Gasteiger charge is -2.11. The Bertz CT molecular complexity index is 264. The molecule has 2 nitrogen and oxygen atoms in total. The normalized spacial score (nSPS) is 12.6. The molecule has 0 heterocycles. The van der Waals surface area contributed by atoms with Crippen molar-refractivity contribution in [1.29, 1.82) is 0 Å². The minimum Gasteiger partial charge on any atom is -0.489 e. The van der Waals surface area contributed by atoms with E-state index in [0.717, 1.165) is 5.56 Å². The Morgan fingerprint density at radius 2 is 2.23 bits per heavy atom. The van der Waals surface area contributed by atoms with E-state index in [4.69, 9.17) is 21.4 Å². The third kappa shape index (κ3) is 2.90. The summed E-state index contributed by atoms with van der Waals surface area (Å²) < 4.78 is 5.35. The SMILES string of the molecule is Cc1cccc(Cl)c1OCC(C)O. The second-order valence-corrected chi connectivity index (χ2v) is 3.45. The summed E-state index contributed by atoms with van der Waals surface area (Å²) in [5, 5.41) is 9.61. The summed E-state index contributed by atoms with van der Waals surface area (Å²) in [7, 11) is 0. The van der Waals surface area contributed by atoms with Crippen LogP contribution in [0.4, 0.5) is 0 Å². The Kier molecular flexibility index (Phi) is 3.58. The molecule has 0 saturated heterocycles. The molecule has 3 heteroatoms. The fraction of sp³-hybridized carbons (Fsp3) is 0.400. The van der Waals surface area contributed by atoms with Crippen LogP contribution in [-0.2, 0) is 0 Å². The predicted molar refractivity (Wildman–Crippen MR) is 53.4 cm³/mol. The Morgan fingerprint density at radius 3 is 2.77 bits per heavy atom. The third-order valence-corrected chi connectivity index (χ3v) is 1.93. The van der Waals surface area contributed by atoms with E-state index in [2.05, 4.69) is 0 Å². The van der Waals surface area contributed by atoms with Crippen LogP contribution in [0.5, 0.6) is 5.75 Å². The summed E-state index contributed by atoms with van der Waals surface area (Å²) in [6, 6.07) is 5.56. The van der Waals surface area contributed by atoms with Crippen LogP contribution < -0.4 is 4.74 Å². The molecule has 0 aliphatic heterocycles. The van der Waals surface area contributed by atoms with Crippen molar-refractivity contribution in [3.63, 3.8) is 0 Å². The van der Waals surface area contributed by atoms with E-state index in [1.165, 1.54) is 0 Å². The molecule has 0 radical (unpaired) electrons. The molecule has 0 amide bonds. The number of para-hydroxylation sites is 1. The number of halogens is 1. The van der Waals surface area contributed by atoms with E-state index in [0.29, 0.717) is 10.8 Å². The van der Waals surface area contributed by atoms with E-state index in [1.54, 1.807) is 13.0 Å². The van der Waals surface area contributed by atoms with Crippen LogP contribution in [0.15, 0.2) is 18.2 Å². The third-order valence-electron chi connectivity index (χ3n) is 1.63. The summed E-state index contributed by atoms with van der Waals surface area (Å²) in [6.45, 7) is 3.86. The van der Waals surface area contributed by atoms with Gasteiger partial charge in [-0.3, -0.25) is 0 Å². The van der Waals surface area contributed by atoms with Gasteiger partial charge in [-0.05, 0) is 25.5 Å². The van der Waals surface area contributed by atoms with E-state index >= 15 is 0 Å². The molecule has 1 aromatic carbocycles. The molecule has 0 aromatic heterocycles. The van der Waals surface area contributed by atoms with Crippen LogP contribution in [0.25, 0.3) is 0 Å². The smallest absolute Gasteiger partial charge is 0.140 e. The van der Waals surface area contributed by atoms with E-state index in [9.17, 15) is 0 Å². The molecule has 0 aliphatic carbocycles. The van der Waals surface area contributed by atoms with Crippen molar-refractivity contribution in [3.05, 3.63) is 28.8 Å². The molecule has 0 aliphatic rings. The zero-order chi connectivity index (χ0) is 9.84. The molecule has 1 atom stereocenters. The quantitative estimate of drug-likeness (QED) is 0.812. The minimum atomic E-state index is -0.476. The monoisotopic (exact) mass is 200 g/mol. The molecule has 72 valence electrons. The maximum absolute atomic E-state index is 9.03. The predicted octanol–water partition coefficient (Wildman–Crippen LogP) is 2.41. The average Bonchev–Trinajstić information content (AvgIpc) is 2.03. The van der Waals surface area contributed by atoms with E-state index in [1.807, 2.05) is 19.1 Å². The molecular weight excluding hydrogens is 188 g/mol. The van der Waals surface area contributed by atoms with Gasteiger partial charge in [0.15, 0.2) is 0 Å². The largest absolute Gasteiger partial charge is 0.489 e. The molecule has 1 N–H and O–H groups in total. The Labute approximate surface area is 83.1 Å². The number of aryl methyl sites for hydroxylation is 1. The summed E-state index contributed by atoms with van der Waals surface area (Å²) in [6.07, 6.45) is -0.476. The summed E-state index contributed by atoms with van der Waals surface area (Å²) >= 11 is 5.91. The lowest BCUT2D eigenvalue weighted by atomic mass is 10.2. The number of aliphatic hydroxyl groups excluding tert-OH is 1. The van der Waals surface area contributed by atoms with Gasteiger partial charge in [0.2, 0.25) is 0 Å². The van der Waals surface area contributed by atoms with Crippen molar-refractivity contribution in [3.8, 4) is 5.75 Å². The number of hydrogen-bond acceptors (Lipinski definition) is 2. The molecular formula is C10H13ClO2. The van der Waals surface area contributed by atoms with Gasteiger partial charge in [0, 0.05) is 0 Å². The van der Waals surface area contributed by atoms with Gasteiger partial charge in [0.1, 0.15) is 12.4 Å². The first-order valence-corrected chi connectivity index (χ1v) is 4.55. The second kappa shape index (κ2) is 4.49. The van der Waals surface area contributed by atoms with Crippen molar-refractivity contribution in [2.45, 2.75) is 20.0 Å². The van der Waals surface area contributed by atoms with Crippen LogP contribution in [0, 0.1) is 6.92 Å². The average molecular weight is 201 g/mol. The topological polar surface area (TPSA) is 29.5 Å². The summed E-state index contributed by atoms with van der Waals surface area (Å²) in [5.41, 5.74) is 0.980. The van der Waals surface area contributed by atoms with Crippen LogP contribution in [-0.4, -0.2) is 17.8 Å². The van der Waals surface area contributed by atoms with Gasteiger partial charge in [-0.15, -0.1) is 0 Å². The first-order valence-electron chi connectivity index (χ1n) is 4.17. The summed E-state index contributed by atoms with van der Waals surface area (Å²) in [5.74, 6) is 0.657. The molecule has 13 heavy (non-hydrogen) atoms. The zero-order valence-corrected chi connectivity index (χ0v) is 8.51. The van der Waals surface area contributed by atoms with Crippen molar-refractivity contribution >= 4 is 11.6 Å². The molecule has 1 rings (SSSR count). The second-order valence-electron chi connectivity index (χ2n) is 3.05. The van der Waals surface area contributed by atoms with Crippen LogP contribution in [0.1, 0.15) is 12.5 Å². The van der Waals surface area contributed by atoms with Gasteiger partial charge < -0.3 is 9.84 Å². The van der Waals surface area contributed by atoms with Gasteiger partial charge in [-0.2, -0.15) is 0 Å². The first-order chi connectivity index (χ1) is 6.11. The highest BCUT2D eigenvalue weighted by Crippen LogP contribution is 2.27. The van der Waals surface area contributed by atoms with E-state index in [-0.39, 0.29) is 6.61 Å². The fourth-order valence-electron chi connectivity index (χ4n) is 1.00. The van der Waals surface area contributed by atoms with Crippen molar-refractivity contribution in [1.82, 2.24) is 0 Å². The maximum atomic E-state index is 9.03. The molecule has 1 unspecified atom stereocenters. The van der Waals surface area contributed by atoms with Crippen LogP contribution >= 0.6 is 11.6 Å². The summed E-state index contributed by atoms with van der Waals surface area (Å²) in [4.78, 5) is 0. The maximum Gasteiger partial charge on any atom is 0.140 e. The number of aliphatic hydroxyl groups is 1. The molecule has 0 spiro atoms. The lowest BCUT2D eigenvalue weighted by molar-refractivity contribution is 0.122. The van der Waals surface area contributed by atoms with Gasteiger partial charge in [0.05, 0.1) is 11.1 Å². The fourth-order valence-corrected chi connectivity index (χ4v) is 1.28. The van der Waals surface area contributed by atoms with Crippen molar-refractivity contribution < 1.29 is 9.84 Å². The van der Waals surface area contributed by atoms with Crippen LogP contribution in [0.2, 0.25) is 5.02 Å². The highest BCUT2D eigenvalue weighted by Gasteiger charge is 2.05. The number of hydrogen-bond donors (Lipinski definition) is 1. The Balaban J connectivity index is 2.75. The highest BCUT2D eigenvalue weighted by molar-refractivity contribution is 6.32. The molecule has 0 fully saturated rings. The van der Waals surface area contributed by atoms with Gasteiger partial charge in [-0.1, -0.05) is 23.7 Å². The van der Waals surface area contributed by atoms with Gasteiger partial charge >= 0.3 is 0 Å². The van der Waals surface area contributed by atoms with Crippen molar-refractivity contribution in [2.75, 3.05) is 6.61 Å². The number of rotatable bonds is 3. The Hall–Kier alpha value is -0.730. The highest BCUT2D eigenvalue weighted by atomic mass is 35.5. The Morgan fingerprint density at radius 1 is 1.54 bits per heavy atom. The lowest BCUT2D eigenvalue weighted by Crippen LogP contribution is -2.13.